The Balaban J connectivity index is 2.10. The van der Waals surface area contributed by atoms with E-state index < -0.39 is 17.3 Å². The lowest BCUT2D eigenvalue weighted by molar-refractivity contribution is -0.189. The molecule has 68 valence electrons. The molecule has 0 aliphatic heterocycles. The van der Waals surface area contributed by atoms with Gasteiger partial charge >= 0.3 is 5.97 Å². The molecule has 0 radical (unpaired) electrons. The first-order valence-electron chi connectivity index (χ1n) is 4.09. The molecule has 4 heteroatoms. The second-order valence-corrected chi connectivity index (χ2v) is 3.50. The second kappa shape index (κ2) is 1.98. The SMILES string of the molecule is CCOC(=O)[C@@]12C[C@@H]1CC2(F)F. The Morgan fingerprint density at radius 1 is 1.58 bits per heavy atom. The van der Waals surface area contributed by atoms with Crippen molar-refractivity contribution in [3.05, 3.63) is 0 Å². The minimum atomic E-state index is -2.80. The summed E-state index contributed by atoms with van der Waals surface area (Å²) in [7, 11) is 0. The van der Waals surface area contributed by atoms with Gasteiger partial charge in [0.15, 0.2) is 0 Å². The molecule has 2 fully saturated rings. The van der Waals surface area contributed by atoms with Gasteiger partial charge < -0.3 is 4.74 Å². The molecule has 0 spiro atoms. The molecule has 2 nitrogen and oxygen atoms in total. The quantitative estimate of drug-likeness (QED) is 0.597. The van der Waals surface area contributed by atoms with Gasteiger partial charge in [-0.05, 0) is 19.3 Å². The van der Waals surface area contributed by atoms with Gasteiger partial charge in [0.05, 0.1) is 6.61 Å². The van der Waals surface area contributed by atoms with Crippen LogP contribution < -0.4 is 0 Å². The maximum absolute atomic E-state index is 12.9. The molecule has 2 rings (SSSR count). The molecule has 2 atom stereocenters. The summed E-state index contributed by atoms with van der Waals surface area (Å²) >= 11 is 0. The van der Waals surface area contributed by atoms with Crippen LogP contribution in [0.3, 0.4) is 0 Å². The monoisotopic (exact) mass is 176 g/mol. The van der Waals surface area contributed by atoms with Crippen LogP contribution in [0, 0.1) is 11.3 Å². The number of hydrogen-bond acceptors (Lipinski definition) is 2. The van der Waals surface area contributed by atoms with Crippen molar-refractivity contribution in [1.29, 1.82) is 0 Å². The van der Waals surface area contributed by atoms with Crippen LogP contribution in [0.25, 0.3) is 0 Å². The van der Waals surface area contributed by atoms with Crippen LogP contribution in [0.4, 0.5) is 8.78 Å². The fraction of sp³-hybridized carbons (Fsp3) is 0.875. The van der Waals surface area contributed by atoms with Crippen molar-refractivity contribution >= 4 is 5.97 Å². The Hall–Kier alpha value is -0.670. The molecule has 0 bridgehead atoms. The van der Waals surface area contributed by atoms with Crippen molar-refractivity contribution in [1.82, 2.24) is 0 Å². The van der Waals surface area contributed by atoms with E-state index in [1.54, 1.807) is 6.92 Å². The number of hydrogen-bond donors (Lipinski definition) is 0. The fourth-order valence-electron chi connectivity index (χ4n) is 2.04. The maximum atomic E-state index is 12.9. The molecule has 0 aromatic heterocycles. The Labute approximate surface area is 68.9 Å². The number of carbonyl (C=O) groups is 1. The van der Waals surface area contributed by atoms with E-state index in [2.05, 4.69) is 4.74 Å². The predicted octanol–water partition coefficient (Wildman–Crippen LogP) is 1.59. The standard InChI is InChI=1S/C8H10F2O2/c1-2-12-6(11)7-3-5(7)4-8(7,9)10/h5H,2-4H2,1H3/t5-,7-/m1/s1. The minimum absolute atomic E-state index is 0.105. The van der Waals surface area contributed by atoms with E-state index in [0.29, 0.717) is 6.42 Å². The first kappa shape index (κ1) is 7.95. The molecule has 0 aromatic carbocycles. The molecule has 0 amide bonds. The van der Waals surface area contributed by atoms with E-state index in [4.69, 9.17) is 0 Å². The Kier molecular flexibility index (Phi) is 1.31. The highest BCUT2D eigenvalue weighted by Gasteiger charge is 2.84. The summed E-state index contributed by atoms with van der Waals surface area (Å²) in [6.45, 7) is 1.81. The highest BCUT2D eigenvalue weighted by Crippen LogP contribution is 2.75. The number of ether oxygens (including phenoxy) is 1. The molecule has 2 aliphatic carbocycles. The molecule has 0 N–H and O–H groups in total. The average molecular weight is 176 g/mol. The van der Waals surface area contributed by atoms with Crippen molar-refractivity contribution in [2.24, 2.45) is 11.3 Å². The van der Waals surface area contributed by atoms with E-state index >= 15 is 0 Å². The van der Waals surface area contributed by atoms with Crippen molar-refractivity contribution < 1.29 is 18.3 Å². The maximum Gasteiger partial charge on any atom is 0.318 e. The summed E-state index contributed by atoms with van der Waals surface area (Å²) in [5.41, 5.74) is -1.40. The number of esters is 1. The van der Waals surface area contributed by atoms with Gasteiger partial charge in [-0.3, -0.25) is 4.79 Å². The summed E-state index contributed by atoms with van der Waals surface area (Å²) < 4.78 is 30.4. The van der Waals surface area contributed by atoms with Crippen molar-refractivity contribution in [3.63, 3.8) is 0 Å². The Morgan fingerprint density at radius 3 is 2.58 bits per heavy atom. The molecule has 12 heavy (non-hydrogen) atoms. The predicted molar refractivity (Wildman–Crippen MR) is 36.7 cm³/mol. The molecule has 0 unspecified atom stereocenters. The molecular weight excluding hydrogens is 166 g/mol. The van der Waals surface area contributed by atoms with Crippen molar-refractivity contribution in [3.8, 4) is 0 Å². The van der Waals surface area contributed by atoms with Gasteiger partial charge in [-0.2, -0.15) is 0 Å². The van der Waals surface area contributed by atoms with E-state index in [1.807, 2.05) is 0 Å². The van der Waals surface area contributed by atoms with E-state index in [-0.39, 0.29) is 18.9 Å². The Morgan fingerprint density at radius 2 is 2.25 bits per heavy atom. The molecular formula is C8H10F2O2. The van der Waals surface area contributed by atoms with Crippen molar-refractivity contribution in [2.75, 3.05) is 6.61 Å². The highest BCUT2D eigenvalue weighted by molar-refractivity contribution is 5.84. The smallest absolute Gasteiger partial charge is 0.318 e. The van der Waals surface area contributed by atoms with Crippen LogP contribution >= 0.6 is 0 Å². The highest BCUT2D eigenvalue weighted by atomic mass is 19.3. The number of alkyl halides is 2. The molecule has 2 saturated carbocycles. The lowest BCUT2D eigenvalue weighted by Crippen LogP contribution is -2.47. The van der Waals surface area contributed by atoms with E-state index in [1.165, 1.54) is 0 Å². The van der Waals surface area contributed by atoms with E-state index in [0.717, 1.165) is 0 Å². The number of rotatable bonds is 2. The Bertz CT molecular complexity index is 239. The number of fused-ring (bicyclic) bond motifs is 1. The zero-order valence-electron chi connectivity index (χ0n) is 6.77. The third kappa shape index (κ3) is 0.660. The summed E-state index contributed by atoms with van der Waals surface area (Å²) in [6.07, 6.45) is 0.185. The second-order valence-electron chi connectivity index (χ2n) is 3.50. The average Bonchev–Trinajstić information content (AvgIpc) is 2.59. The number of halogens is 2. The van der Waals surface area contributed by atoms with Crippen LogP contribution in [0.15, 0.2) is 0 Å². The van der Waals surface area contributed by atoms with Gasteiger partial charge in [0.25, 0.3) is 5.92 Å². The van der Waals surface area contributed by atoms with Crippen LogP contribution in [0.5, 0.6) is 0 Å². The molecule has 0 saturated heterocycles. The fourth-order valence-corrected chi connectivity index (χ4v) is 2.04. The number of carbonyl (C=O) groups excluding carboxylic acids is 1. The lowest BCUT2D eigenvalue weighted by Gasteiger charge is -2.33. The van der Waals surface area contributed by atoms with Gasteiger partial charge in [-0.25, -0.2) is 8.78 Å². The van der Waals surface area contributed by atoms with Crippen LogP contribution in [-0.4, -0.2) is 18.5 Å². The van der Waals surface area contributed by atoms with Gasteiger partial charge in [0.2, 0.25) is 0 Å². The lowest BCUT2D eigenvalue weighted by atomic mass is 9.80. The van der Waals surface area contributed by atoms with Crippen LogP contribution in [-0.2, 0) is 9.53 Å². The largest absolute Gasteiger partial charge is 0.465 e. The summed E-state index contributed by atoms with van der Waals surface area (Å²) in [5, 5.41) is 0. The van der Waals surface area contributed by atoms with Gasteiger partial charge in [-0.1, -0.05) is 0 Å². The topological polar surface area (TPSA) is 26.3 Å². The third-order valence-electron chi connectivity index (χ3n) is 2.90. The molecule has 0 heterocycles. The summed E-state index contributed by atoms with van der Waals surface area (Å²) in [4.78, 5) is 11.1. The minimum Gasteiger partial charge on any atom is -0.465 e. The van der Waals surface area contributed by atoms with Crippen LogP contribution in [0.1, 0.15) is 19.8 Å². The van der Waals surface area contributed by atoms with Gasteiger partial charge in [0.1, 0.15) is 5.41 Å². The molecule has 0 aromatic rings. The van der Waals surface area contributed by atoms with Crippen molar-refractivity contribution in [2.45, 2.75) is 25.7 Å². The van der Waals surface area contributed by atoms with Gasteiger partial charge in [-0.15, -0.1) is 0 Å². The summed E-state index contributed by atoms with van der Waals surface area (Å²) in [6, 6.07) is 0. The van der Waals surface area contributed by atoms with E-state index in [9.17, 15) is 13.6 Å². The van der Waals surface area contributed by atoms with Gasteiger partial charge in [0, 0.05) is 6.42 Å². The van der Waals surface area contributed by atoms with Crippen LogP contribution in [0.2, 0.25) is 0 Å². The first-order valence-corrected chi connectivity index (χ1v) is 4.09. The zero-order valence-corrected chi connectivity index (χ0v) is 6.77. The summed E-state index contributed by atoms with van der Waals surface area (Å²) in [5.74, 6) is -3.61. The third-order valence-corrected chi connectivity index (χ3v) is 2.90. The zero-order chi connectivity index (χ0) is 8.98. The molecule has 2 aliphatic rings. The first-order chi connectivity index (χ1) is 5.54. The normalized spacial score (nSPS) is 41.1.